The van der Waals surface area contributed by atoms with Crippen molar-refractivity contribution in [2.24, 2.45) is 0 Å². The molecule has 0 unspecified atom stereocenters. The highest BCUT2D eigenvalue weighted by molar-refractivity contribution is 7.26. The number of nitrogens with zero attached hydrogens (tertiary/aromatic N) is 4. The molecule has 5 heteroatoms. The van der Waals surface area contributed by atoms with Crippen molar-refractivity contribution in [2.45, 2.75) is 0 Å². The van der Waals surface area contributed by atoms with E-state index >= 15 is 0 Å². The van der Waals surface area contributed by atoms with Crippen LogP contribution in [0.25, 0.3) is 108 Å². The molecular weight excluding hydrogens is 665 g/mol. The summed E-state index contributed by atoms with van der Waals surface area (Å²) < 4.78 is 7.26. The van der Waals surface area contributed by atoms with Gasteiger partial charge in [-0.05, 0) is 53.9 Å². The van der Waals surface area contributed by atoms with E-state index in [1.807, 2.05) is 17.4 Å². The Bertz CT molecular complexity index is 3450. The zero-order valence-corrected chi connectivity index (χ0v) is 29.2. The van der Waals surface area contributed by atoms with Crippen LogP contribution in [-0.4, -0.2) is 19.1 Å². The minimum atomic E-state index is 0.674. The Labute approximate surface area is 307 Å². The van der Waals surface area contributed by atoms with Gasteiger partial charge in [-0.3, -0.25) is 4.57 Å². The number of aromatic nitrogens is 4. The first-order valence-corrected chi connectivity index (χ1v) is 18.7. The zero-order valence-electron chi connectivity index (χ0n) is 28.4. The van der Waals surface area contributed by atoms with E-state index < -0.39 is 0 Å². The Hall–Kier alpha value is -6.82. The van der Waals surface area contributed by atoms with Crippen LogP contribution in [0.2, 0.25) is 0 Å². The van der Waals surface area contributed by atoms with E-state index in [1.54, 1.807) is 0 Å². The van der Waals surface area contributed by atoms with Crippen LogP contribution in [0.15, 0.2) is 170 Å². The number of rotatable bonds is 3. The molecule has 0 atom stereocenters. The summed E-state index contributed by atoms with van der Waals surface area (Å²) in [6.07, 6.45) is 0. The van der Waals surface area contributed by atoms with Gasteiger partial charge in [-0.2, -0.15) is 0 Å². The summed E-state index contributed by atoms with van der Waals surface area (Å²) in [5.74, 6) is 0.674. The first-order valence-electron chi connectivity index (χ1n) is 17.9. The smallest absolute Gasteiger partial charge is 0.235 e. The molecule has 8 aromatic carbocycles. The van der Waals surface area contributed by atoms with Crippen LogP contribution in [-0.2, 0) is 0 Å². The van der Waals surface area contributed by atoms with Crippen LogP contribution in [0.4, 0.5) is 0 Å². The minimum absolute atomic E-state index is 0.674. The summed E-state index contributed by atoms with van der Waals surface area (Å²) in [6, 6.07) is 61.1. The topological polar surface area (TPSA) is 35.6 Å². The number of thiophene rings is 1. The second-order valence-electron chi connectivity index (χ2n) is 13.8. The Morgan fingerprint density at radius 2 is 0.981 bits per heavy atom. The van der Waals surface area contributed by atoms with Crippen molar-refractivity contribution >= 4 is 96.8 Å². The maximum atomic E-state index is 5.32. The highest BCUT2D eigenvalue weighted by Gasteiger charge is 2.21. The third kappa shape index (κ3) is 4.11. The van der Waals surface area contributed by atoms with E-state index in [2.05, 4.69) is 173 Å². The van der Waals surface area contributed by atoms with Crippen LogP contribution in [0, 0.1) is 0 Å². The van der Waals surface area contributed by atoms with E-state index in [-0.39, 0.29) is 0 Å². The molecular formula is C48H28N4S. The Morgan fingerprint density at radius 3 is 1.81 bits per heavy atom. The van der Waals surface area contributed by atoms with Crippen LogP contribution >= 0.6 is 11.3 Å². The van der Waals surface area contributed by atoms with Crippen molar-refractivity contribution in [3.8, 4) is 22.9 Å². The van der Waals surface area contributed by atoms with Gasteiger partial charge in [0.1, 0.15) is 0 Å². The molecule has 0 spiro atoms. The molecule has 0 radical (unpaired) electrons. The fourth-order valence-corrected chi connectivity index (χ4v) is 9.70. The molecule has 12 rings (SSSR count). The van der Waals surface area contributed by atoms with Gasteiger partial charge in [0.2, 0.25) is 5.95 Å². The predicted molar refractivity (Wildman–Crippen MR) is 224 cm³/mol. The summed E-state index contributed by atoms with van der Waals surface area (Å²) >= 11 is 1.87. The molecule has 4 aromatic heterocycles. The van der Waals surface area contributed by atoms with E-state index in [0.717, 1.165) is 33.2 Å². The van der Waals surface area contributed by atoms with Crippen molar-refractivity contribution < 1.29 is 0 Å². The molecule has 0 bridgehead atoms. The van der Waals surface area contributed by atoms with E-state index in [9.17, 15) is 0 Å². The maximum absolute atomic E-state index is 5.32. The fourth-order valence-electron chi connectivity index (χ4n) is 8.56. The summed E-state index contributed by atoms with van der Waals surface area (Å²) in [6.45, 7) is 0. The summed E-state index contributed by atoms with van der Waals surface area (Å²) in [5, 5.41) is 10.9. The fraction of sp³-hybridized carbons (Fsp3) is 0. The summed E-state index contributed by atoms with van der Waals surface area (Å²) in [5.41, 5.74) is 8.77. The normalized spacial score (nSPS) is 12.2. The van der Waals surface area contributed by atoms with Crippen molar-refractivity contribution in [3.05, 3.63) is 170 Å². The predicted octanol–water partition coefficient (Wildman–Crippen LogP) is 13.0. The molecule has 0 amide bonds. The largest absolute Gasteiger partial charge is 0.309 e. The third-order valence-corrected chi connectivity index (χ3v) is 12.0. The molecule has 0 fully saturated rings. The number of benzene rings is 8. The Morgan fingerprint density at radius 1 is 0.377 bits per heavy atom. The molecule has 0 saturated heterocycles. The van der Waals surface area contributed by atoms with E-state index in [1.165, 1.54) is 69.2 Å². The maximum Gasteiger partial charge on any atom is 0.235 e. The van der Waals surface area contributed by atoms with Gasteiger partial charge in [0.25, 0.3) is 0 Å². The van der Waals surface area contributed by atoms with Crippen molar-refractivity contribution in [1.29, 1.82) is 0 Å². The Balaban J connectivity index is 1.16. The number of hydrogen-bond donors (Lipinski definition) is 0. The SMILES string of the molecule is c1ccc(-c2nc(-n3c4ccccc4c4cc5sc6cc7c(cc6c5cc43)c3ccccc3n7-c3cccc4ccccc34)nc3ccccc23)cc1. The molecule has 53 heavy (non-hydrogen) atoms. The van der Waals surface area contributed by atoms with E-state index in [4.69, 9.17) is 9.97 Å². The average Bonchev–Trinajstić information content (AvgIpc) is 3.85. The number of hydrogen-bond acceptors (Lipinski definition) is 3. The van der Waals surface area contributed by atoms with Gasteiger partial charge >= 0.3 is 0 Å². The summed E-state index contributed by atoms with van der Waals surface area (Å²) in [7, 11) is 0. The van der Waals surface area contributed by atoms with Crippen molar-refractivity contribution in [1.82, 2.24) is 19.1 Å². The molecule has 246 valence electrons. The van der Waals surface area contributed by atoms with Gasteiger partial charge in [-0.25, -0.2) is 9.97 Å². The van der Waals surface area contributed by atoms with Gasteiger partial charge in [-0.15, -0.1) is 11.3 Å². The van der Waals surface area contributed by atoms with Crippen molar-refractivity contribution in [2.75, 3.05) is 0 Å². The monoisotopic (exact) mass is 692 g/mol. The van der Waals surface area contributed by atoms with Gasteiger partial charge < -0.3 is 4.57 Å². The molecule has 4 heterocycles. The van der Waals surface area contributed by atoms with Crippen LogP contribution in [0.3, 0.4) is 0 Å². The van der Waals surface area contributed by atoms with Gasteiger partial charge in [-0.1, -0.05) is 121 Å². The number of para-hydroxylation sites is 3. The lowest BCUT2D eigenvalue weighted by molar-refractivity contribution is 1.01. The first kappa shape index (κ1) is 28.8. The van der Waals surface area contributed by atoms with Crippen LogP contribution in [0.1, 0.15) is 0 Å². The third-order valence-electron chi connectivity index (χ3n) is 10.9. The first-order chi connectivity index (χ1) is 26.3. The van der Waals surface area contributed by atoms with Crippen molar-refractivity contribution in [3.63, 3.8) is 0 Å². The van der Waals surface area contributed by atoms with Crippen LogP contribution in [0.5, 0.6) is 0 Å². The van der Waals surface area contributed by atoms with Gasteiger partial charge in [0.15, 0.2) is 0 Å². The number of fused-ring (bicyclic) bond motifs is 11. The molecule has 0 N–H and O–H groups in total. The minimum Gasteiger partial charge on any atom is -0.309 e. The molecule has 12 aromatic rings. The summed E-state index contributed by atoms with van der Waals surface area (Å²) in [4.78, 5) is 10.5. The van der Waals surface area contributed by atoms with Gasteiger partial charge in [0.05, 0.1) is 39.0 Å². The highest BCUT2D eigenvalue weighted by atomic mass is 32.1. The van der Waals surface area contributed by atoms with Crippen LogP contribution < -0.4 is 0 Å². The second kappa shape index (κ2) is 10.8. The second-order valence-corrected chi connectivity index (χ2v) is 14.9. The quantitative estimate of drug-likeness (QED) is 0.185. The molecule has 4 nitrogen and oxygen atoms in total. The lowest BCUT2D eigenvalue weighted by Crippen LogP contribution is -2.03. The molecule has 0 aliphatic carbocycles. The highest BCUT2D eigenvalue weighted by Crippen LogP contribution is 2.44. The lowest BCUT2D eigenvalue weighted by atomic mass is 10.1. The van der Waals surface area contributed by atoms with Gasteiger partial charge in [0, 0.05) is 58.1 Å². The standard InChI is InChI=1S/C48H28N4S/c1-2-14-30(15-3-1)47-34-20-6-9-21-39(34)49-48(50-47)52-42-23-11-8-19-33(42)36-27-45-38(26-43(36)52)37-25-35-32-18-7-10-22-41(32)51(44(35)28-46(37)53-45)40-24-12-16-29-13-4-5-17-31(29)40/h1-28H. The Kier molecular flexibility index (Phi) is 5.90. The molecule has 0 aliphatic heterocycles. The zero-order chi connectivity index (χ0) is 34.6. The lowest BCUT2D eigenvalue weighted by Gasteiger charge is -2.12. The molecule has 0 aliphatic rings. The average molecular weight is 693 g/mol. The van der Waals surface area contributed by atoms with E-state index in [0.29, 0.717) is 5.95 Å². The molecule has 0 saturated carbocycles.